The van der Waals surface area contributed by atoms with Gasteiger partial charge in [0.2, 0.25) is 0 Å². The number of carbonyl (C=O) groups is 2. The lowest BCUT2D eigenvalue weighted by Gasteiger charge is -2.30. The summed E-state index contributed by atoms with van der Waals surface area (Å²) in [5.41, 5.74) is 3.12. The zero-order chi connectivity index (χ0) is 18.3. The Morgan fingerprint density at radius 3 is 2.27 bits per heavy atom. The van der Waals surface area contributed by atoms with Crippen LogP contribution in [0.5, 0.6) is 11.5 Å². The molecule has 0 saturated carbocycles. The SMILES string of the molecule is COc1cc2c(cc1OC)C(CN1C(=O)c3ccccc3C1=O)NCC2. The molecular weight excluding hydrogens is 332 g/mol. The Morgan fingerprint density at radius 1 is 1.04 bits per heavy atom. The number of hydrogen-bond donors (Lipinski definition) is 1. The number of imide groups is 1. The van der Waals surface area contributed by atoms with Crippen LogP contribution in [0.2, 0.25) is 0 Å². The lowest BCUT2D eigenvalue weighted by Crippen LogP contribution is -2.41. The predicted octanol–water partition coefficient (Wildman–Crippen LogP) is 2.19. The molecule has 4 rings (SSSR count). The maximum Gasteiger partial charge on any atom is 0.261 e. The fourth-order valence-electron chi connectivity index (χ4n) is 3.72. The summed E-state index contributed by atoms with van der Waals surface area (Å²) in [6.45, 7) is 1.06. The van der Waals surface area contributed by atoms with Crippen molar-refractivity contribution in [3.05, 3.63) is 58.7 Å². The lowest BCUT2D eigenvalue weighted by molar-refractivity contribution is 0.0637. The van der Waals surface area contributed by atoms with Crippen LogP contribution in [0.1, 0.15) is 37.9 Å². The Balaban J connectivity index is 1.66. The van der Waals surface area contributed by atoms with Crippen LogP contribution in [-0.2, 0) is 6.42 Å². The molecule has 0 aromatic heterocycles. The van der Waals surface area contributed by atoms with Gasteiger partial charge in [0.1, 0.15) is 0 Å². The summed E-state index contributed by atoms with van der Waals surface area (Å²) in [7, 11) is 3.21. The van der Waals surface area contributed by atoms with E-state index in [1.807, 2.05) is 12.1 Å². The number of methoxy groups -OCH3 is 2. The van der Waals surface area contributed by atoms with E-state index in [0.29, 0.717) is 22.6 Å². The number of ether oxygens (including phenoxy) is 2. The molecule has 0 spiro atoms. The van der Waals surface area contributed by atoms with Crippen LogP contribution in [0.4, 0.5) is 0 Å². The van der Waals surface area contributed by atoms with Crippen LogP contribution in [0.3, 0.4) is 0 Å². The highest BCUT2D eigenvalue weighted by atomic mass is 16.5. The van der Waals surface area contributed by atoms with Crippen LogP contribution in [0.15, 0.2) is 36.4 Å². The molecule has 0 bridgehead atoms. The molecule has 0 radical (unpaired) electrons. The smallest absolute Gasteiger partial charge is 0.261 e. The number of carbonyl (C=O) groups excluding carboxylic acids is 2. The van der Waals surface area contributed by atoms with Gasteiger partial charge in [-0.2, -0.15) is 0 Å². The molecule has 2 aromatic rings. The molecule has 1 N–H and O–H groups in total. The van der Waals surface area contributed by atoms with E-state index in [0.717, 1.165) is 24.1 Å². The average Bonchev–Trinajstić information content (AvgIpc) is 2.92. The fourth-order valence-corrected chi connectivity index (χ4v) is 3.72. The quantitative estimate of drug-likeness (QED) is 0.855. The van der Waals surface area contributed by atoms with E-state index in [-0.39, 0.29) is 24.4 Å². The Morgan fingerprint density at radius 2 is 1.65 bits per heavy atom. The molecule has 134 valence electrons. The van der Waals surface area contributed by atoms with E-state index < -0.39 is 0 Å². The van der Waals surface area contributed by atoms with E-state index in [9.17, 15) is 9.59 Å². The van der Waals surface area contributed by atoms with Gasteiger partial charge in [-0.1, -0.05) is 12.1 Å². The largest absolute Gasteiger partial charge is 0.493 e. The predicted molar refractivity (Wildman–Crippen MR) is 95.8 cm³/mol. The zero-order valence-electron chi connectivity index (χ0n) is 14.7. The maximum atomic E-state index is 12.6. The molecule has 2 aliphatic rings. The van der Waals surface area contributed by atoms with Crippen LogP contribution in [-0.4, -0.2) is 44.0 Å². The van der Waals surface area contributed by atoms with Crippen molar-refractivity contribution in [1.29, 1.82) is 0 Å². The normalized spacial score (nSPS) is 18.5. The van der Waals surface area contributed by atoms with Crippen molar-refractivity contribution in [1.82, 2.24) is 10.2 Å². The zero-order valence-corrected chi connectivity index (χ0v) is 14.7. The number of hydrogen-bond acceptors (Lipinski definition) is 5. The summed E-state index contributed by atoms with van der Waals surface area (Å²) in [4.78, 5) is 26.6. The van der Waals surface area contributed by atoms with Crippen molar-refractivity contribution in [3.63, 3.8) is 0 Å². The topological polar surface area (TPSA) is 67.9 Å². The molecule has 6 nitrogen and oxygen atoms in total. The molecule has 2 aromatic carbocycles. The second kappa shape index (κ2) is 6.46. The molecule has 1 unspecified atom stereocenters. The van der Waals surface area contributed by atoms with Crippen molar-refractivity contribution in [2.24, 2.45) is 0 Å². The second-order valence-electron chi connectivity index (χ2n) is 6.43. The van der Waals surface area contributed by atoms with Gasteiger partial charge in [0, 0.05) is 6.54 Å². The molecule has 0 fully saturated rings. The molecule has 0 aliphatic carbocycles. The van der Waals surface area contributed by atoms with Gasteiger partial charge in [0.05, 0.1) is 31.4 Å². The average molecular weight is 352 g/mol. The first-order valence-electron chi connectivity index (χ1n) is 8.57. The first-order valence-corrected chi connectivity index (χ1v) is 8.57. The molecule has 0 saturated heterocycles. The van der Waals surface area contributed by atoms with Crippen molar-refractivity contribution in [3.8, 4) is 11.5 Å². The third-order valence-electron chi connectivity index (χ3n) is 5.05. The highest BCUT2D eigenvalue weighted by Gasteiger charge is 2.37. The van der Waals surface area contributed by atoms with E-state index in [4.69, 9.17) is 9.47 Å². The Kier molecular flexibility index (Phi) is 4.12. The first-order chi connectivity index (χ1) is 12.6. The van der Waals surface area contributed by atoms with Gasteiger partial charge in [0.25, 0.3) is 11.8 Å². The van der Waals surface area contributed by atoms with Crippen molar-refractivity contribution in [2.45, 2.75) is 12.5 Å². The van der Waals surface area contributed by atoms with Crippen LogP contribution in [0, 0.1) is 0 Å². The minimum atomic E-state index is -0.236. The molecule has 26 heavy (non-hydrogen) atoms. The molecular formula is C20H20N2O4. The number of amides is 2. The molecule has 2 aliphatic heterocycles. The Bertz CT molecular complexity index is 858. The van der Waals surface area contributed by atoms with Gasteiger partial charge in [-0.25, -0.2) is 0 Å². The van der Waals surface area contributed by atoms with Gasteiger partial charge in [-0.05, 0) is 48.4 Å². The minimum Gasteiger partial charge on any atom is -0.493 e. The Labute approximate surface area is 151 Å². The standard InChI is InChI=1S/C20H20N2O4/c1-25-17-9-12-7-8-21-16(15(12)10-18(17)26-2)11-22-19(23)13-5-3-4-6-14(13)20(22)24/h3-6,9-10,16,21H,7-8,11H2,1-2H3. The molecule has 6 heteroatoms. The Hall–Kier alpha value is -2.86. The molecule has 1 atom stereocenters. The summed E-state index contributed by atoms with van der Waals surface area (Å²) < 4.78 is 10.8. The van der Waals surface area contributed by atoms with Crippen molar-refractivity contribution >= 4 is 11.8 Å². The minimum absolute atomic E-state index is 0.138. The van der Waals surface area contributed by atoms with E-state index >= 15 is 0 Å². The summed E-state index contributed by atoms with van der Waals surface area (Å²) in [6.07, 6.45) is 0.855. The number of nitrogens with zero attached hydrogens (tertiary/aromatic N) is 1. The van der Waals surface area contributed by atoms with Crippen molar-refractivity contribution < 1.29 is 19.1 Å². The van der Waals surface area contributed by atoms with Gasteiger partial charge >= 0.3 is 0 Å². The summed E-state index contributed by atoms with van der Waals surface area (Å²) >= 11 is 0. The summed E-state index contributed by atoms with van der Waals surface area (Å²) in [5.74, 6) is 0.856. The van der Waals surface area contributed by atoms with Gasteiger partial charge in [0.15, 0.2) is 11.5 Å². The maximum absolute atomic E-state index is 12.6. The summed E-state index contributed by atoms with van der Waals surface area (Å²) in [6, 6.07) is 10.7. The van der Waals surface area contributed by atoms with Gasteiger partial charge in [-0.3, -0.25) is 14.5 Å². The fraction of sp³-hybridized carbons (Fsp3) is 0.300. The summed E-state index contributed by atoms with van der Waals surface area (Å²) in [5, 5.41) is 3.42. The lowest BCUT2D eigenvalue weighted by atomic mass is 9.93. The second-order valence-corrected chi connectivity index (χ2v) is 6.43. The van der Waals surface area contributed by atoms with Crippen LogP contribution < -0.4 is 14.8 Å². The van der Waals surface area contributed by atoms with Gasteiger partial charge in [-0.15, -0.1) is 0 Å². The van der Waals surface area contributed by atoms with Crippen molar-refractivity contribution in [2.75, 3.05) is 27.3 Å². The number of benzene rings is 2. The third-order valence-corrected chi connectivity index (χ3v) is 5.05. The highest BCUT2D eigenvalue weighted by Crippen LogP contribution is 2.36. The van der Waals surface area contributed by atoms with Gasteiger partial charge < -0.3 is 14.8 Å². The monoisotopic (exact) mass is 352 g/mol. The number of fused-ring (bicyclic) bond motifs is 2. The van der Waals surface area contributed by atoms with E-state index in [1.165, 1.54) is 4.90 Å². The molecule has 2 amide bonds. The van der Waals surface area contributed by atoms with E-state index in [2.05, 4.69) is 5.32 Å². The van der Waals surface area contributed by atoms with Crippen LogP contribution in [0.25, 0.3) is 0 Å². The third kappa shape index (κ3) is 2.54. The number of rotatable bonds is 4. The highest BCUT2D eigenvalue weighted by molar-refractivity contribution is 6.21. The first kappa shape index (κ1) is 16.6. The number of nitrogens with one attached hydrogen (secondary N) is 1. The van der Waals surface area contributed by atoms with Crippen LogP contribution >= 0.6 is 0 Å². The van der Waals surface area contributed by atoms with E-state index in [1.54, 1.807) is 38.5 Å². The molecule has 2 heterocycles.